The number of amides is 5. The van der Waals surface area contributed by atoms with Gasteiger partial charge in [0.15, 0.2) is 0 Å². The summed E-state index contributed by atoms with van der Waals surface area (Å²) in [6.45, 7) is 17.8. The van der Waals surface area contributed by atoms with Crippen LogP contribution < -0.4 is 20.9 Å². The van der Waals surface area contributed by atoms with Crippen LogP contribution in [-0.2, 0) is 19.1 Å². The summed E-state index contributed by atoms with van der Waals surface area (Å²) >= 11 is 0. The van der Waals surface area contributed by atoms with Gasteiger partial charge in [0.2, 0.25) is 11.8 Å². The molecule has 4 aliphatic carbocycles. The first-order valence-corrected chi connectivity index (χ1v) is 26.6. The zero-order valence-electron chi connectivity index (χ0n) is 42.1. The molecular formula is C56H81N5O7. The normalized spacial score (nSPS) is 28.6. The highest BCUT2D eigenvalue weighted by atomic mass is 16.6. The van der Waals surface area contributed by atoms with E-state index in [-0.39, 0.29) is 48.1 Å². The van der Waals surface area contributed by atoms with Crippen LogP contribution >= 0.6 is 0 Å². The summed E-state index contributed by atoms with van der Waals surface area (Å²) in [4.78, 5) is 69.2. The van der Waals surface area contributed by atoms with Crippen molar-refractivity contribution in [3.05, 3.63) is 53.1 Å². The molecule has 372 valence electrons. The number of nitrogens with one attached hydrogen (secondary N) is 3. The van der Waals surface area contributed by atoms with Gasteiger partial charge in [-0.15, -0.1) is 0 Å². The molecule has 2 aliphatic heterocycles. The van der Waals surface area contributed by atoms with Crippen LogP contribution in [0.25, 0.3) is 10.8 Å². The third-order valence-corrected chi connectivity index (χ3v) is 17.9. The second kappa shape index (κ2) is 21.7. The fourth-order valence-corrected chi connectivity index (χ4v) is 14.1. The Morgan fingerprint density at radius 3 is 2.37 bits per heavy atom. The molecule has 0 spiro atoms. The summed E-state index contributed by atoms with van der Waals surface area (Å²) in [6, 6.07) is 8.81. The Balaban J connectivity index is 0.693. The Morgan fingerprint density at radius 2 is 1.59 bits per heavy atom. The van der Waals surface area contributed by atoms with Crippen LogP contribution in [0, 0.1) is 46.3 Å². The third kappa shape index (κ3) is 10.5. The second-order valence-electron chi connectivity index (χ2n) is 22.5. The molecule has 3 N–H and O–H groups in total. The Bertz CT molecular complexity index is 2180. The number of allylic oxidation sites excluding steroid dienone is 1. The van der Waals surface area contributed by atoms with E-state index in [4.69, 9.17) is 9.47 Å². The quantitative estimate of drug-likeness (QED) is 0.0717. The first-order chi connectivity index (χ1) is 32.7. The monoisotopic (exact) mass is 936 g/mol. The number of nitrogens with zero attached hydrogens (tertiary/aromatic N) is 2. The fourth-order valence-electron chi connectivity index (χ4n) is 14.1. The number of fused-ring (bicyclic) bond motifs is 5. The van der Waals surface area contributed by atoms with Crippen molar-refractivity contribution in [1.29, 1.82) is 0 Å². The largest absolute Gasteiger partial charge is 0.446 e. The molecule has 3 saturated carbocycles. The summed E-state index contributed by atoms with van der Waals surface area (Å²) in [5.41, 5.74) is 4.28. The van der Waals surface area contributed by atoms with Crippen LogP contribution in [0.15, 0.2) is 42.0 Å². The molecular weight excluding hydrogens is 855 g/mol. The highest BCUT2D eigenvalue weighted by molar-refractivity contribution is 6.26. The van der Waals surface area contributed by atoms with Crippen LogP contribution in [0.3, 0.4) is 0 Å². The molecule has 9 atom stereocenters. The highest BCUT2D eigenvalue weighted by Gasteiger charge is 2.59. The Kier molecular flexibility index (Phi) is 15.9. The number of carbonyl (C=O) groups excluding carboxylic acids is 5. The molecule has 4 fully saturated rings. The van der Waals surface area contributed by atoms with Gasteiger partial charge in [0.1, 0.15) is 12.1 Å². The standard InChI is InChI=1S/C56H81N5O7/c1-36(2)13-11-14-37(3)45-20-21-46-41-18-17-39-35-40(23-26-55(39,5)47(41)24-27-56(45,46)6)68-54(66)58-29-25-49(62)59-38(4)51(63)57-28-9-7-8-10-30-61-52(64)43-16-12-15-42-48(60-31-33-67-34-32-60)22-19-44(50(42)43)53(61)65/h12,15-17,19,22,36-38,40-41,45-47H,7-11,13-14,18,20-21,23-35H2,1-6H3,(H,57,63)(H,58,66)(H,59,62)/t37-,38+,40?,41+,45-,46+,47+,55+,56-/m1/s1. The summed E-state index contributed by atoms with van der Waals surface area (Å²) in [7, 11) is 0. The predicted octanol–water partition coefficient (Wildman–Crippen LogP) is 9.98. The second-order valence-corrected chi connectivity index (χ2v) is 22.5. The van der Waals surface area contributed by atoms with Crippen molar-refractivity contribution < 1.29 is 33.4 Å². The van der Waals surface area contributed by atoms with Crippen LogP contribution in [-0.4, -0.2) is 92.7 Å². The molecule has 1 saturated heterocycles. The number of anilines is 1. The van der Waals surface area contributed by atoms with Crippen molar-refractivity contribution in [3.63, 3.8) is 0 Å². The van der Waals surface area contributed by atoms with Gasteiger partial charge >= 0.3 is 6.09 Å². The SMILES string of the molecule is CC(C)CCC[C@@H](C)[C@H]1CC[C@H]2[C@@H]3CC=C4CC(OC(=O)NCCC(=O)N[C@@H](C)C(=O)NCCCCCCN5C(=O)c6cccc7c(N8CCOCC8)ccc(c67)C5=O)CC[C@]4(C)[C@H]3CC[C@]12C. The van der Waals surface area contributed by atoms with E-state index in [1.807, 2.05) is 30.3 Å². The maximum atomic E-state index is 13.6. The van der Waals surface area contributed by atoms with Gasteiger partial charge in [0.25, 0.3) is 11.8 Å². The molecule has 2 heterocycles. The van der Waals surface area contributed by atoms with Crippen LogP contribution in [0.2, 0.25) is 0 Å². The minimum absolute atomic E-state index is 0.0412. The molecule has 12 nitrogen and oxygen atoms in total. The molecule has 12 heteroatoms. The first-order valence-electron chi connectivity index (χ1n) is 26.6. The van der Waals surface area contributed by atoms with E-state index < -0.39 is 12.1 Å². The number of hydrogen-bond acceptors (Lipinski definition) is 8. The number of hydrogen-bond donors (Lipinski definition) is 3. The van der Waals surface area contributed by atoms with Crippen LogP contribution in [0.1, 0.15) is 165 Å². The van der Waals surface area contributed by atoms with E-state index in [1.165, 1.54) is 55.4 Å². The zero-order valence-corrected chi connectivity index (χ0v) is 42.1. The lowest BCUT2D eigenvalue weighted by molar-refractivity contribution is -0.128. The molecule has 0 bridgehead atoms. The van der Waals surface area contributed by atoms with E-state index in [0.29, 0.717) is 55.2 Å². The summed E-state index contributed by atoms with van der Waals surface area (Å²) in [6.07, 6.45) is 18.3. The van der Waals surface area contributed by atoms with E-state index in [9.17, 15) is 24.0 Å². The molecule has 2 aromatic rings. The summed E-state index contributed by atoms with van der Waals surface area (Å²) < 4.78 is 11.5. The molecule has 5 amide bonds. The summed E-state index contributed by atoms with van der Waals surface area (Å²) in [5, 5.41) is 10.1. The highest BCUT2D eigenvalue weighted by Crippen LogP contribution is 2.67. The number of ether oxygens (including phenoxy) is 2. The number of carbonyl (C=O) groups is 5. The third-order valence-electron chi connectivity index (χ3n) is 17.9. The molecule has 2 aromatic carbocycles. The van der Waals surface area contributed by atoms with E-state index in [0.717, 1.165) is 104 Å². The number of imide groups is 1. The van der Waals surface area contributed by atoms with Crippen molar-refractivity contribution >= 4 is 46.2 Å². The van der Waals surface area contributed by atoms with Gasteiger partial charge in [0, 0.05) is 73.2 Å². The molecule has 6 aliphatic rings. The molecule has 1 unspecified atom stereocenters. The number of morpholine rings is 1. The van der Waals surface area contributed by atoms with Gasteiger partial charge in [-0.05, 0) is 129 Å². The van der Waals surface area contributed by atoms with Crippen molar-refractivity contribution in [3.8, 4) is 0 Å². The number of alkyl carbamates (subject to hydrolysis) is 1. The molecule has 68 heavy (non-hydrogen) atoms. The topological polar surface area (TPSA) is 146 Å². The van der Waals surface area contributed by atoms with Crippen LogP contribution in [0.5, 0.6) is 0 Å². The lowest BCUT2D eigenvalue weighted by atomic mass is 9.47. The lowest BCUT2D eigenvalue weighted by Crippen LogP contribution is -2.51. The van der Waals surface area contributed by atoms with Crippen molar-refractivity contribution in [1.82, 2.24) is 20.9 Å². The smallest absolute Gasteiger partial charge is 0.407 e. The number of benzene rings is 2. The minimum atomic E-state index is -0.723. The Labute approximate surface area is 405 Å². The van der Waals surface area contributed by atoms with Gasteiger partial charge in [-0.25, -0.2) is 4.79 Å². The average molecular weight is 936 g/mol. The van der Waals surface area contributed by atoms with E-state index >= 15 is 0 Å². The minimum Gasteiger partial charge on any atom is -0.446 e. The zero-order chi connectivity index (χ0) is 48.2. The summed E-state index contributed by atoms with van der Waals surface area (Å²) in [5.74, 6) is 3.64. The average Bonchev–Trinajstić information content (AvgIpc) is 3.68. The lowest BCUT2D eigenvalue weighted by Gasteiger charge is -2.58. The first kappa shape index (κ1) is 50.0. The molecule has 0 radical (unpaired) electrons. The Morgan fingerprint density at radius 1 is 0.824 bits per heavy atom. The van der Waals surface area contributed by atoms with E-state index in [1.54, 1.807) is 6.92 Å². The van der Waals surface area contributed by atoms with Gasteiger partial charge in [-0.3, -0.25) is 24.1 Å². The van der Waals surface area contributed by atoms with Crippen molar-refractivity contribution in [2.24, 2.45) is 46.3 Å². The van der Waals surface area contributed by atoms with Gasteiger partial charge in [0.05, 0.1) is 13.2 Å². The van der Waals surface area contributed by atoms with Crippen molar-refractivity contribution in [2.45, 2.75) is 156 Å². The van der Waals surface area contributed by atoms with E-state index in [2.05, 4.69) is 61.5 Å². The molecule has 8 rings (SSSR count). The van der Waals surface area contributed by atoms with Gasteiger partial charge in [-0.1, -0.05) is 90.5 Å². The fraction of sp³-hybridized carbons (Fsp3) is 0.696. The Hall–Kier alpha value is -4.45. The number of rotatable bonds is 19. The van der Waals surface area contributed by atoms with Crippen LogP contribution in [0.4, 0.5) is 10.5 Å². The maximum Gasteiger partial charge on any atom is 0.407 e. The van der Waals surface area contributed by atoms with Gasteiger partial charge < -0.3 is 30.3 Å². The molecule has 0 aromatic heterocycles. The van der Waals surface area contributed by atoms with Gasteiger partial charge in [-0.2, -0.15) is 0 Å². The number of unbranched alkanes of at least 4 members (excludes halogenated alkanes) is 3. The maximum absolute atomic E-state index is 13.6. The predicted molar refractivity (Wildman–Crippen MR) is 267 cm³/mol. The van der Waals surface area contributed by atoms with Crippen molar-refractivity contribution in [2.75, 3.05) is 50.8 Å².